The van der Waals surface area contributed by atoms with Gasteiger partial charge < -0.3 is 15.2 Å². The van der Waals surface area contributed by atoms with Crippen molar-refractivity contribution in [2.24, 2.45) is 0 Å². The number of aryl methyl sites for hydroxylation is 2. The van der Waals surface area contributed by atoms with Gasteiger partial charge in [0, 0.05) is 16.6 Å². The van der Waals surface area contributed by atoms with Gasteiger partial charge in [-0.2, -0.15) is 0 Å². The van der Waals surface area contributed by atoms with E-state index in [9.17, 15) is 5.11 Å². The zero-order valence-electron chi connectivity index (χ0n) is 17.4. The molecule has 1 aromatic heterocycles. The van der Waals surface area contributed by atoms with Crippen LogP contribution in [0.1, 0.15) is 75.7 Å². The first-order valence-electron chi connectivity index (χ1n) is 10.4. The molecule has 0 radical (unpaired) electrons. The number of hydrogen-bond acceptors (Lipinski definition) is 4. The van der Waals surface area contributed by atoms with Crippen LogP contribution in [0.4, 0.5) is 0 Å². The zero-order chi connectivity index (χ0) is 19.6. The Bertz CT molecular complexity index is 801. The molecule has 27 heavy (non-hydrogen) atoms. The molecule has 0 fully saturated rings. The monoisotopic (exact) mass is 370 g/mol. The highest BCUT2D eigenvalue weighted by Gasteiger charge is 2.42. The molecule has 4 heteroatoms. The van der Waals surface area contributed by atoms with E-state index in [0.29, 0.717) is 0 Å². The van der Waals surface area contributed by atoms with E-state index in [2.05, 4.69) is 37.4 Å². The van der Waals surface area contributed by atoms with Gasteiger partial charge in [0.15, 0.2) is 0 Å². The summed E-state index contributed by atoms with van der Waals surface area (Å²) in [6.07, 6.45) is 5.59. The molecule has 0 spiro atoms. The maximum atomic E-state index is 11.0. The number of fused-ring (bicyclic) bond motifs is 2. The second kappa shape index (κ2) is 8.15. The maximum Gasteiger partial charge on any atom is 0.131 e. The molecule has 1 aromatic carbocycles. The fourth-order valence-electron chi connectivity index (χ4n) is 4.06. The van der Waals surface area contributed by atoms with Crippen molar-refractivity contribution in [2.75, 3.05) is 6.54 Å². The van der Waals surface area contributed by atoms with Crippen molar-refractivity contribution in [1.82, 2.24) is 10.3 Å². The number of aliphatic hydroxyl groups is 1. The predicted molar refractivity (Wildman–Crippen MR) is 111 cm³/mol. The number of pyridine rings is 1. The van der Waals surface area contributed by atoms with Crippen LogP contribution in [-0.2, 0) is 0 Å². The van der Waals surface area contributed by atoms with Crippen LogP contribution >= 0.6 is 0 Å². The van der Waals surface area contributed by atoms with Crippen molar-refractivity contribution < 1.29 is 9.84 Å². The highest BCUT2D eigenvalue weighted by atomic mass is 16.5. The minimum Gasteiger partial charge on any atom is -0.485 e. The molecule has 0 aliphatic carbocycles. The first kappa shape index (κ1) is 20.1. The lowest BCUT2D eigenvalue weighted by Gasteiger charge is -2.42. The van der Waals surface area contributed by atoms with Gasteiger partial charge in [-0.05, 0) is 64.4 Å². The Morgan fingerprint density at radius 1 is 1.11 bits per heavy atom. The molecule has 3 rings (SSSR count). The molecule has 2 aromatic rings. The van der Waals surface area contributed by atoms with Crippen molar-refractivity contribution >= 4 is 10.9 Å². The van der Waals surface area contributed by atoms with Crippen LogP contribution in [-0.4, -0.2) is 28.3 Å². The summed E-state index contributed by atoms with van der Waals surface area (Å²) < 4.78 is 6.20. The quantitative estimate of drug-likeness (QED) is 0.675. The summed E-state index contributed by atoms with van der Waals surface area (Å²) in [5, 5.41) is 15.7. The van der Waals surface area contributed by atoms with Gasteiger partial charge in [-0.15, -0.1) is 0 Å². The summed E-state index contributed by atoms with van der Waals surface area (Å²) >= 11 is 0. The van der Waals surface area contributed by atoms with Crippen LogP contribution in [0, 0.1) is 13.8 Å². The number of nitrogens with one attached hydrogen (secondary N) is 1. The summed E-state index contributed by atoms with van der Waals surface area (Å²) in [5.74, 6) is 0.857. The highest BCUT2D eigenvalue weighted by Crippen LogP contribution is 2.42. The lowest BCUT2D eigenvalue weighted by atomic mass is 9.85. The molecule has 0 unspecified atom stereocenters. The Hall–Kier alpha value is -1.65. The molecule has 0 saturated carbocycles. The topological polar surface area (TPSA) is 54.4 Å². The SMILES string of the molecule is CCCCCCCN[C@@H]1c2cc3nc(C)cc(C)c3cc2OC(C)(C)[C@H]1O. The van der Waals surface area contributed by atoms with E-state index >= 15 is 0 Å². The first-order valence-corrected chi connectivity index (χ1v) is 10.4. The Morgan fingerprint density at radius 2 is 1.85 bits per heavy atom. The zero-order valence-corrected chi connectivity index (χ0v) is 17.4. The van der Waals surface area contributed by atoms with Crippen LogP contribution < -0.4 is 10.1 Å². The largest absolute Gasteiger partial charge is 0.485 e. The number of unbranched alkanes of at least 4 members (excludes halogenated alkanes) is 4. The number of rotatable bonds is 7. The Labute approximate surface area is 163 Å². The Kier molecular flexibility index (Phi) is 6.07. The predicted octanol–water partition coefficient (Wildman–Crippen LogP) is 4.98. The minimum absolute atomic E-state index is 0.137. The molecule has 4 nitrogen and oxygen atoms in total. The molecule has 1 aliphatic rings. The lowest BCUT2D eigenvalue weighted by Crippen LogP contribution is -2.52. The molecule has 2 heterocycles. The molecule has 1 aliphatic heterocycles. The van der Waals surface area contributed by atoms with Crippen LogP contribution in [0.5, 0.6) is 5.75 Å². The standard InChI is InChI=1S/C23H34N2O2/c1-6-7-8-9-10-11-24-21-18-13-19-17(15(2)12-16(3)25-19)14-20(18)27-23(4,5)22(21)26/h12-14,21-22,24,26H,6-11H2,1-5H3/t21-,22+/m1/s1. The summed E-state index contributed by atoms with van der Waals surface area (Å²) in [4.78, 5) is 4.71. The van der Waals surface area contributed by atoms with Crippen LogP contribution in [0.15, 0.2) is 18.2 Å². The van der Waals surface area contributed by atoms with Crippen molar-refractivity contribution in [1.29, 1.82) is 0 Å². The second-order valence-corrected chi connectivity index (χ2v) is 8.48. The maximum absolute atomic E-state index is 11.0. The Balaban J connectivity index is 1.88. The second-order valence-electron chi connectivity index (χ2n) is 8.48. The van der Waals surface area contributed by atoms with Gasteiger partial charge in [-0.3, -0.25) is 4.98 Å². The summed E-state index contributed by atoms with van der Waals surface area (Å²) in [6, 6.07) is 6.15. The van der Waals surface area contributed by atoms with E-state index < -0.39 is 11.7 Å². The average molecular weight is 371 g/mol. The molecule has 0 saturated heterocycles. The molecule has 2 atom stereocenters. The smallest absolute Gasteiger partial charge is 0.131 e. The number of ether oxygens (including phenoxy) is 1. The summed E-state index contributed by atoms with van der Waals surface area (Å²) in [6.45, 7) is 11.2. The van der Waals surface area contributed by atoms with Gasteiger partial charge in [-0.1, -0.05) is 32.6 Å². The first-order chi connectivity index (χ1) is 12.8. The van der Waals surface area contributed by atoms with Crippen LogP contribution in [0.3, 0.4) is 0 Å². The van der Waals surface area contributed by atoms with Crippen molar-refractivity contribution in [2.45, 2.75) is 84.5 Å². The molecule has 0 bridgehead atoms. The van der Waals surface area contributed by atoms with Gasteiger partial charge in [0.1, 0.15) is 17.5 Å². The average Bonchev–Trinajstić information content (AvgIpc) is 2.60. The molecule has 0 amide bonds. The fraction of sp³-hybridized carbons (Fsp3) is 0.609. The van der Waals surface area contributed by atoms with Gasteiger partial charge in [0.2, 0.25) is 0 Å². The fourth-order valence-corrected chi connectivity index (χ4v) is 4.06. The van der Waals surface area contributed by atoms with E-state index in [1.807, 2.05) is 20.8 Å². The van der Waals surface area contributed by atoms with E-state index in [1.54, 1.807) is 0 Å². The van der Waals surface area contributed by atoms with E-state index in [0.717, 1.165) is 40.9 Å². The third-order valence-corrected chi connectivity index (χ3v) is 5.66. The van der Waals surface area contributed by atoms with Gasteiger partial charge in [-0.25, -0.2) is 0 Å². The van der Waals surface area contributed by atoms with Crippen LogP contribution in [0.2, 0.25) is 0 Å². The van der Waals surface area contributed by atoms with Crippen molar-refractivity contribution in [3.05, 3.63) is 35.0 Å². The van der Waals surface area contributed by atoms with E-state index in [-0.39, 0.29) is 6.04 Å². The number of aromatic nitrogens is 1. The van der Waals surface area contributed by atoms with Gasteiger partial charge in [0.05, 0.1) is 11.6 Å². The van der Waals surface area contributed by atoms with E-state index in [1.165, 1.54) is 31.2 Å². The number of nitrogens with zero attached hydrogens (tertiary/aromatic N) is 1. The number of hydrogen-bond donors (Lipinski definition) is 2. The normalized spacial score (nSPS) is 21.1. The summed E-state index contributed by atoms with van der Waals surface area (Å²) in [5.41, 5.74) is 3.56. The van der Waals surface area contributed by atoms with Gasteiger partial charge >= 0.3 is 0 Å². The van der Waals surface area contributed by atoms with Crippen molar-refractivity contribution in [3.8, 4) is 5.75 Å². The van der Waals surface area contributed by atoms with Gasteiger partial charge in [0.25, 0.3) is 0 Å². The van der Waals surface area contributed by atoms with Crippen LogP contribution in [0.25, 0.3) is 10.9 Å². The van der Waals surface area contributed by atoms with E-state index in [4.69, 9.17) is 9.72 Å². The lowest BCUT2D eigenvalue weighted by molar-refractivity contribution is -0.0643. The molecule has 148 valence electrons. The number of benzene rings is 1. The molecular weight excluding hydrogens is 336 g/mol. The highest BCUT2D eigenvalue weighted by molar-refractivity contribution is 5.85. The Morgan fingerprint density at radius 3 is 2.59 bits per heavy atom. The number of aliphatic hydroxyl groups excluding tert-OH is 1. The summed E-state index contributed by atoms with van der Waals surface area (Å²) in [7, 11) is 0. The third-order valence-electron chi connectivity index (χ3n) is 5.66. The third kappa shape index (κ3) is 4.27. The molecular formula is C23H34N2O2. The van der Waals surface area contributed by atoms with Crippen molar-refractivity contribution in [3.63, 3.8) is 0 Å². The molecule has 2 N–H and O–H groups in total. The minimum atomic E-state index is -0.632.